The molecule has 1 rings (SSSR count). The summed E-state index contributed by atoms with van der Waals surface area (Å²) in [5.41, 5.74) is 2.52. The van der Waals surface area contributed by atoms with Gasteiger partial charge in [-0.15, -0.1) is 0 Å². The Bertz CT molecular complexity index is 258. The van der Waals surface area contributed by atoms with Gasteiger partial charge in [0.1, 0.15) is 0 Å². The van der Waals surface area contributed by atoms with Crippen molar-refractivity contribution in [1.29, 1.82) is 0 Å². The lowest BCUT2D eigenvalue weighted by molar-refractivity contribution is -0.202. The van der Waals surface area contributed by atoms with Crippen molar-refractivity contribution >= 4 is 5.97 Å². The summed E-state index contributed by atoms with van der Waals surface area (Å²) in [7, 11) is 0. The summed E-state index contributed by atoms with van der Waals surface area (Å²) in [6.45, 7) is 5.91. The second kappa shape index (κ2) is 11.0. The number of likely N-dealkylation sites (tertiary alicyclic amines) is 1. The third-order valence-corrected chi connectivity index (χ3v) is 3.54. The van der Waals surface area contributed by atoms with Crippen molar-refractivity contribution in [3.8, 4) is 0 Å². The zero-order valence-electron chi connectivity index (χ0n) is 12.5. The quantitative estimate of drug-likeness (QED) is 0.422. The lowest BCUT2D eigenvalue weighted by Gasteiger charge is -2.18. The average molecular weight is 288 g/mol. The molecule has 0 amide bonds. The van der Waals surface area contributed by atoms with Crippen LogP contribution >= 0.6 is 0 Å². The highest BCUT2D eigenvalue weighted by Gasteiger charge is 2.13. The van der Waals surface area contributed by atoms with E-state index in [-0.39, 0.29) is 12.5 Å². The van der Waals surface area contributed by atoms with Gasteiger partial charge in [0.05, 0.1) is 12.7 Å². The summed E-state index contributed by atoms with van der Waals surface area (Å²) >= 11 is 0. The monoisotopic (exact) mass is 288 g/mol. The number of unbranched alkanes of at least 4 members (excludes halogenated alkanes) is 1. The number of nitrogens with zero attached hydrogens (tertiary/aromatic N) is 1. The molecule has 1 fully saturated rings. The predicted molar refractivity (Wildman–Crippen MR) is 76.0 cm³/mol. The van der Waals surface area contributed by atoms with Crippen LogP contribution in [0.2, 0.25) is 0 Å². The molecule has 1 saturated heterocycles. The molecule has 1 aliphatic heterocycles. The molecule has 2 N–H and O–H groups in total. The lowest BCUT2D eigenvalue weighted by Crippen LogP contribution is -2.30. The van der Waals surface area contributed by atoms with E-state index in [1.165, 1.54) is 12.8 Å². The smallest absolute Gasteiger partial charge is 0.303 e. The van der Waals surface area contributed by atoms with E-state index in [2.05, 4.69) is 17.5 Å². The number of carboxylic acid groups (broad SMARTS) is 1. The van der Waals surface area contributed by atoms with Gasteiger partial charge in [-0.1, -0.05) is 25.4 Å². The Balaban J connectivity index is 2.04. The highest BCUT2D eigenvalue weighted by molar-refractivity contribution is 5.66. The van der Waals surface area contributed by atoms with E-state index in [4.69, 9.17) is 14.8 Å². The first kappa shape index (κ1) is 17.4. The van der Waals surface area contributed by atoms with E-state index in [9.17, 15) is 4.79 Å². The average Bonchev–Trinajstić information content (AvgIpc) is 2.93. The van der Waals surface area contributed by atoms with Crippen LogP contribution in [-0.4, -0.2) is 48.3 Å². The van der Waals surface area contributed by atoms with Crippen LogP contribution in [0.25, 0.3) is 0 Å². The number of carbonyl (C=O) groups is 1. The number of aliphatic carboxylic acids is 1. The van der Waals surface area contributed by atoms with E-state index in [0.717, 1.165) is 38.9 Å². The van der Waals surface area contributed by atoms with Crippen molar-refractivity contribution in [3.63, 3.8) is 0 Å². The van der Waals surface area contributed by atoms with Crippen LogP contribution in [0.5, 0.6) is 0 Å². The SMILES string of the molecule is CCCCC(CCC(=O)O)ONOCCN1CCCC1. The van der Waals surface area contributed by atoms with Crippen LogP contribution < -0.4 is 5.64 Å². The zero-order chi connectivity index (χ0) is 14.6. The van der Waals surface area contributed by atoms with Gasteiger partial charge >= 0.3 is 5.97 Å². The second-order valence-electron chi connectivity index (χ2n) is 5.30. The van der Waals surface area contributed by atoms with Gasteiger partial charge in [-0.05, 0) is 38.8 Å². The van der Waals surface area contributed by atoms with Crippen molar-refractivity contribution in [2.75, 3.05) is 26.2 Å². The first-order chi connectivity index (χ1) is 9.72. The van der Waals surface area contributed by atoms with Gasteiger partial charge in [-0.2, -0.15) is 0 Å². The Kier molecular flexibility index (Phi) is 9.57. The molecule has 0 aliphatic carbocycles. The van der Waals surface area contributed by atoms with Crippen molar-refractivity contribution in [2.24, 2.45) is 0 Å². The molecule has 1 aliphatic rings. The van der Waals surface area contributed by atoms with Crippen molar-refractivity contribution in [3.05, 3.63) is 0 Å². The number of hydrogen-bond donors (Lipinski definition) is 2. The molecule has 6 heteroatoms. The molecule has 0 spiro atoms. The van der Waals surface area contributed by atoms with E-state index in [1.54, 1.807) is 0 Å². The minimum Gasteiger partial charge on any atom is -0.481 e. The number of hydrogen-bond acceptors (Lipinski definition) is 5. The molecule has 0 saturated carbocycles. The van der Waals surface area contributed by atoms with E-state index in [0.29, 0.717) is 13.0 Å². The number of nitrogens with one attached hydrogen (secondary N) is 1. The standard InChI is InChI=1S/C14H28N2O4/c1-2-3-6-13(7-8-14(17)18)20-15-19-12-11-16-9-4-5-10-16/h13,15H,2-12H2,1H3,(H,17,18). The molecule has 20 heavy (non-hydrogen) atoms. The maximum atomic E-state index is 10.6. The van der Waals surface area contributed by atoms with Gasteiger partial charge in [0.25, 0.3) is 0 Å². The van der Waals surface area contributed by atoms with Crippen LogP contribution in [0.3, 0.4) is 0 Å². The summed E-state index contributed by atoms with van der Waals surface area (Å²) in [4.78, 5) is 23.6. The normalized spacial score (nSPS) is 17.4. The molecule has 0 aromatic heterocycles. The lowest BCUT2D eigenvalue weighted by atomic mass is 10.1. The molecule has 0 radical (unpaired) electrons. The van der Waals surface area contributed by atoms with Gasteiger partial charge in [-0.3, -0.25) is 14.5 Å². The summed E-state index contributed by atoms with van der Waals surface area (Å²) in [6.07, 6.45) is 6.05. The Morgan fingerprint density at radius 2 is 2.10 bits per heavy atom. The van der Waals surface area contributed by atoms with Crippen LogP contribution in [-0.2, 0) is 14.5 Å². The fourth-order valence-corrected chi connectivity index (χ4v) is 2.30. The zero-order valence-corrected chi connectivity index (χ0v) is 12.5. The first-order valence-corrected chi connectivity index (χ1v) is 7.69. The van der Waals surface area contributed by atoms with Gasteiger partial charge < -0.3 is 10.0 Å². The highest BCUT2D eigenvalue weighted by atomic mass is 16.9. The van der Waals surface area contributed by atoms with Crippen molar-refractivity contribution in [2.45, 2.75) is 58.0 Å². The Labute approximate surface area is 121 Å². The van der Waals surface area contributed by atoms with Crippen molar-refractivity contribution < 1.29 is 19.6 Å². The van der Waals surface area contributed by atoms with E-state index in [1.807, 2.05) is 0 Å². The third-order valence-electron chi connectivity index (χ3n) is 3.54. The van der Waals surface area contributed by atoms with E-state index < -0.39 is 5.97 Å². The van der Waals surface area contributed by atoms with Gasteiger partial charge in [0.2, 0.25) is 0 Å². The molecule has 0 bridgehead atoms. The Morgan fingerprint density at radius 1 is 1.35 bits per heavy atom. The molecule has 6 nitrogen and oxygen atoms in total. The fourth-order valence-electron chi connectivity index (χ4n) is 2.30. The van der Waals surface area contributed by atoms with Crippen molar-refractivity contribution in [1.82, 2.24) is 10.5 Å². The molecule has 1 heterocycles. The third kappa shape index (κ3) is 8.47. The van der Waals surface area contributed by atoms with Gasteiger partial charge in [-0.25, -0.2) is 0 Å². The minimum absolute atomic E-state index is 0.0992. The minimum atomic E-state index is -0.787. The maximum absolute atomic E-state index is 10.6. The number of rotatable bonds is 12. The molecule has 118 valence electrons. The summed E-state index contributed by atoms with van der Waals surface area (Å²) in [5, 5.41) is 8.71. The molecule has 1 unspecified atom stereocenters. The Morgan fingerprint density at radius 3 is 2.75 bits per heavy atom. The van der Waals surface area contributed by atoms with Crippen LogP contribution in [0.1, 0.15) is 51.9 Å². The topological polar surface area (TPSA) is 71.0 Å². The largest absolute Gasteiger partial charge is 0.481 e. The highest BCUT2D eigenvalue weighted by Crippen LogP contribution is 2.10. The summed E-state index contributed by atoms with van der Waals surface area (Å²) < 4.78 is 0. The first-order valence-electron chi connectivity index (χ1n) is 7.69. The summed E-state index contributed by atoms with van der Waals surface area (Å²) in [6, 6.07) is 0. The second-order valence-corrected chi connectivity index (χ2v) is 5.30. The van der Waals surface area contributed by atoms with Crippen LogP contribution in [0.15, 0.2) is 0 Å². The van der Waals surface area contributed by atoms with Gasteiger partial charge in [0.15, 0.2) is 0 Å². The van der Waals surface area contributed by atoms with Crippen LogP contribution in [0.4, 0.5) is 0 Å². The van der Waals surface area contributed by atoms with Crippen LogP contribution in [0, 0.1) is 0 Å². The fraction of sp³-hybridized carbons (Fsp3) is 0.929. The maximum Gasteiger partial charge on any atom is 0.303 e. The molecular weight excluding hydrogens is 260 g/mol. The molecule has 1 atom stereocenters. The predicted octanol–water partition coefficient (Wildman–Crippen LogP) is 1.96. The molecule has 0 aromatic carbocycles. The molecular formula is C14H28N2O4. The van der Waals surface area contributed by atoms with Gasteiger partial charge in [0, 0.05) is 13.0 Å². The number of carboxylic acids is 1. The Hall–Kier alpha value is -0.690. The molecule has 0 aromatic rings. The summed E-state index contributed by atoms with van der Waals surface area (Å²) in [5.74, 6) is -0.787. The van der Waals surface area contributed by atoms with E-state index >= 15 is 0 Å².